The Morgan fingerprint density at radius 3 is 2.33 bits per heavy atom. The fourth-order valence-corrected chi connectivity index (χ4v) is 5.13. The molecule has 0 radical (unpaired) electrons. The van der Waals surface area contributed by atoms with Crippen LogP contribution in [0.5, 0.6) is 0 Å². The van der Waals surface area contributed by atoms with Crippen LogP contribution in [0.2, 0.25) is 0 Å². The van der Waals surface area contributed by atoms with Crippen LogP contribution in [0.15, 0.2) is 22.7 Å². The number of piperidine rings is 1. The van der Waals surface area contributed by atoms with Crippen LogP contribution in [-0.4, -0.2) is 39.9 Å². The summed E-state index contributed by atoms with van der Waals surface area (Å²) in [5, 5.41) is 4.04. The van der Waals surface area contributed by atoms with Crippen molar-refractivity contribution in [2.75, 3.05) is 0 Å². The Hall–Kier alpha value is -2.48. The third kappa shape index (κ3) is 4.50. The zero-order valence-corrected chi connectivity index (χ0v) is 19.3. The topological polar surface area (TPSA) is 64.8 Å². The first-order valence-corrected chi connectivity index (χ1v) is 11.8. The van der Waals surface area contributed by atoms with Crippen molar-refractivity contribution < 1.29 is 27.6 Å². The molecular formula is C25H30F2N2O4. The molecule has 1 saturated carbocycles. The van der Waals surface area contributed by atoms with E-state index in [0.717, 1.165) is 25.7 Å². The van der Waals surface area contributed by atoms with Gasteiger partial charge in [-0.3, -0.25) is 0 Å². The molecule has 1 aliphatic carbocycles. The minimum atomic E-state index is -0.671. The number of aromatic nitrogens is 1. The third-order valence-corrected chi connectivity index (χ3v) is 6.72. The Bertz CT molecular complexity index is 1010. The van der Waals surface area contributed by atoms with Crippen molar-refractivity contribution in [3.05, 3.63) is 41.2 Å². The fraction of sp³-hybridized carbons (Fsp3) is 0.600. The Morgan fingerprint density at radius 2 is 1.76 bits per heavy atom. The number of amides is 1. The molecule has 2 bridgehead atoms. The molecule has 0 N–H and O–H groups in total. The molecular weight excluding hydrogens is 430 g/mol. The highest BCUT2D eigenvalue weighted by atomic mass is 19.1. The van der Waals surface area contributed by atoms with Crippen LogP contribution in [-0.2, 0) is 16.1 Å². The molecule has 2 saturated heterocycles. The van der Waals surface area contributed by atoms with Gasteiger partial charge in [0.05, 0.1) is 18.3 Å². The van der Waals surface area contributed by atoms with Crippen molar-refractivity contribution in [2.45, 2.75) is 95.6 Å². The number of benzene rings is 1. The number of hydrogen-bond acceptors (Lipinski definition) is 5. The second-order valence-corrected chi connectivity index (χ2v) is 10.4. The number of rotatable bonds is 5. The molecule has 0 unspecified atom stereocenters. The molecule has 33 heavy (non-hydrogen) atoms. The standard InChI is InChI=1S/C25H30F2N2O4/c1-25(2,3)32-24(30)29-15-9-10-16(29)12-17(11-15)31-13-18-22(28-33-23(18)14-7-8-14)21-19(26)5-4-6-20(21)27/h4-6,14-17H,7-13H2,1-3H3/t15-,16-/m0/s1. The highest BCUT2D eigenvalue weighted by Crippen LogP contribution is 2.45. The highest BCUT2D eigenvalue weighted by molar-refractivity contribution is 5.69. The number of nitrogens with zero attached hydrogens (tertiary/aromatic N) is 2. The van der Waals surface area contributed by atoms with Crippen molar-refractivity contribution in [3.8, 4) is 11.3 Å². The largest absolute Gasteiger partial charge is 0.444 e. The van der Waals surface area contributed by atoms with Gasteiger partial charge in [-0.2, -0.15) is 0 Å². The predicted octanol–water partition coefficient (Wildman–Crippen LogP) is 5.94. The lowest BCUT2D eigenvalue weighted by atomic mass is 9.99. The van der Waals surface area contributed by atoms with Crippen molar-refractivity contribution >= 4 is 6.09 Å². The minimum absolute atomic E-state index is 0.0542. The molecule has 1 aromatic heterocycles. The van der Waals surface area contributed by atoms with E-state index in [9.17, 15) is 13.6 Å². The van der Waals surface area contributed by atoms with Gasteiger partial charge in [0, 0.05) is 23.6 Å². The Kier molecular flexibility index (Phi) is 5.67. The average Bonchev–Trinajstić information content (AvgIpc) is 3.43. The Morgan fingerprint density at radius 1 is 1.12 bits per heavy atom. The van der Waals surface area contributed by atoms with Crippen LogP contribution in [0, 0.1) is 11.6 Å². The summed E-state index contributed by atoms with van der Waals surface area (Å²) >= 11 is 0. The normalized spacial score (nSPS) is 24.9. The molecule has 2 aromatic rings. The molecule has 0 spiro atoms. The maximum atomic E-state index is 14.5. The monoisotopic (exact) mass is 460 g/mol. The van der Waals surface area contributed by atoms with E-state index in [0.29, 0.717) is 24.2 Å². The number of fused-ring (bicyclic) bond motifs is 2. The number of carbonyl (C=O) groups is 1. The molecule has 178 valence electrons. The lowest BCUT2D eigenvalue weighted by molar-refractivity contribution is -0.0398. The summed E-state index contributed by atoms with van der Waals surface area (Å²) in [7, 11) is 0. The van der Waals surface area contributed by atoms with Gasteiger partial charge in [0.1, 0.15) is 28.7 Å². The van der Waals surface area contributed by atoms with E-state index >= 15 is 0 Å². The van der Waals surface area contributed by atoms with Crippen molar-refractivity contribution in [1.29, 1.82) is 0 Å². The average molecular weight is 461 g/mol. The number of halogens is 2. The van der Waals surface area contributed by atoms with Gasteiger partial charge >= 0.3 is 6.09 Å². The summed E-state index contributed by atoms with van der Waals surface area (Å²) in [4.78, 5) is 14.6. The summed E-state index contributed by atoms with van der Waals surface area (Å²) in [6.45, 7) is 5.79. The number of hydrogen-bond donors (Lipinski definition) is 0. The van der Waals surface area contributed by atoms with Crippen LogP contribution < -0.4 is 0 Å². The van der Waals surface area contributed by atoms with Crippen molar-refractivity contribution in [2.24, 2.45) is 0 Å². The van der Waals surface area contributed by atoms with E-state index in [-0.39, 0.29) is 48.1 Å². The first-order chi connectivity index (χ1) is 15.7. The van der Waals surface area contributed by atoms with Gasteiger partial charge in [0.15, 0.2) is 0 Å². The van der Waals surface area contributed by atoms with E-state index in [1.165, 1.54) is 18.2 Å². The van der Waals surface area contributed by atoms with Crippen LogP contribution in [0.3, 0.4) is 0 Å². The van der Waals surface area contributed by atoms with Crippen LogP contribution in [0.4, 0.5) is 13.6 Å². The van der Waals surface area contributed by atoms with Crippen LogP contribution >= 0.6 is 0 Å². The molecule has 2 aliphatic heterocycles. The van der Waals surface area contributed by atoms with Crippen LogP contribution in [0.1, 0.15) is 76.5 Å². The third-order valence-electron chi connectivity index (χ3n) is 6.72. The zero-order valence-electron chi connectivity index (χ0n) is 19.3. The SMILES string of the molecule is CC(C)(C)OC(=O)N1[C@H]2CC[C@H]1CC(OCc1c(-c3c(F)cccc3F)noc1C1CC1)C2. The highest BCUT2D eigenvalue weighted by Gasteiger charge is 2.45. The molecule has 3 heterocycles. The van der Waals surface area contributed by atoms with E-state index in [1.54, 1.807) is 0 Å². The summed E-state index contributed by atoms with van der Waals surface area (Å²) in [6, 6.07) is 3.94. The predicted molar refractivity (Wildman–Crippen MR) is 117 cm³/mol. The lowest BCUT2D eigenvalue weighted by Crippen LogP contribution is -2.50. The minimum Gasteiger partial charge on any atom is -0.444 e. The summed E-state index contributed by atoms with van der Waals surface area (Å²) in [6.07, 6.45) is 4.90. The van der Waals surface area contributed by atoms with Gasteiger partial charge in [-0.1, -0.05) is 11.2 Å². The lowest BCUT2D eigenvalue weighted by Gasteiger charge is -2.39. The Labute approximate surface area is 192 Å². The van der Waals surface area contributed by atoms with Crippen molar-refractivity contribution in [3.63, 3.8) is 0 Å². The molecule has 3 aliphatic rings. The smallest absolute Gasteiger partial charge is 0.410 e. The second kappa shape index (κ2) is 8.38. The summed E-state index contributed by atoms with van der Waals surface area (Å²) in [5.74, 6) is -0.446. The molecule has 1 aromatic carbocycles. The summed E-state index contributed by atoms with van der Waals surface area (Å²) < 4.78 is 46.4. The molecule has 6 nitrogen and oxygen atoms in total. The molecule has 8 heteroatoms. The van der Waals surface area contributed by atoms with Gasteiger partial charge in [0.2, 0.25) is 0 Å². The maximum absolute atomic E-state index is 14.5. The van der Waals surface area contributed by atoms with E-state index in [1.807, 2.05) is 25.7 Å². The first kappa shape index (κ1) is 22.3. The maximum Gasteiger partial charge on any atom is 0.410 e. The molecule has 5 rings (SSSR count). The fourth-order valence-electron chi connectivity index (χ4n) is 5.13. The quantitative estimate of drug-likeness (QED) is 0.552. The first-order valence-electron chi connectivity index (χ1n) is 11.8. The summed E-state index contributed by atoms with van der Waals surface area (Å²) in [5.41, 5.74) is 0.104. The Balaban J connectivity index is 1.31. The second-order valence-electron chi connectivity index (χ2n) is 10.4. The molecule has 3 fully saturated rings. The van der Waals surface area contributed by atoms with Crippen LogP contribution in [0.25, 0.3) is 11.3 Å². The van der Waals surface area contributed by atoms with E-state index < -0.39 is 17.2 Å². The zero-order chi connectivity index (χ0) is 23.3. The van der Waals surface area contributed by atoms with E-state index in [4.69, 9.17) is 14.0 Å². The van der Waals surface area contributed by atoms with Crippen molar-refractivity contribution in [1.82, 2.24) is 10.1 Å². The van der Waals surface area contributed by atoms with E-state index in [2.05, 4.69) is 5.16 Å². The number of carbonyl (C=O) groups excluding carboxylic acids is 1. The molecule has 2 atom stereocenters. The number of ether oxygens (including phenoxy) is 2. The van der Waals surface area contributed by atoms with Gasteiger partial charge in [-0.15, -0.1) is 0 Å². The van der Waals surface area contributed by atoms with Gasteiger partial charge < -0.3 is 18.9 Å². The van der Waals surface area contributed by atoms with Gasteiger partial charge in [-0.25, -0.2) is 13.6 Å². The van der Waals surface area contributed by atoms with Gasteiger partial charge in [0.25, 0.3) is 0 Å². The van der Waals surface area contributed by atoms with Gasteiger partial charge in [-0.05, 0) is 71.4 Å². The molecule has 1 amide bonds.